The van der Waals surface area contributed by atoms with E-state index in [2.05, 4.69) is 135 Å². The topological polar surface area (TPSA) is 381 Å². The van der Waals surface area contributed by atoms with Crippen LogP contribution in [0.1, 0.15) is 140 Å². The van der Waals surface area contributed by atoms with Gasteiger partial charge in [0.25, 0.3) is 29.5 Å². The lowest BCUT2D eigenvalue weighted by atomic mass is 10.0. The number of nitrogen functional groups attached to an aromatic ring is 5. The number of H-pyrrole nitrogens is 5. The molecule has 0 unspecified atom stereocenters. The standard InChI is InChI=1S/C18H19N3O3.2C17H19N3O.C15H15N3O.C14H11Br2N3O/c1-10-11(3-6-17(22)24-2)9-20-16(10)8-14-13-7-12(19)4-5-15(13)21-18(14)23;1-4-12-9(2)16(19-10(12)3)8-14-13-7-11(18)5-6-15(13)20-17(14)21;1-3-10-7-12(4-2)19-16(10)9-14-13-8-11(18)5-6-15(13)20-17(14)21;1-8-5-9(2)17-14(8)7-12-11-6-10(16)3-4-13(11)18-15(12)19;1-6-12(15)13(16)11(18-6)5-9-8-4-7(17)2-3-10(8)19-14(9)20/h4-5,7-9,20H,3,6,19H2,1-2H3,(H,21,23);5-8,19H,4,18H2,1-3H3,(H,20,21);5-9,19H,3-4,18H2,1-2H3,(H,20,21);3-7,17H,16H2,1-2H3,(H,18,19);2-5,18H,17H2,1H3,(H,19,20)/b2*14-8-;14-9-;12-7-;9-5-. The number of hydrogen-bond donors (Lipinski definition) is 15. The van der Waals surface area contributed by atoms with Gasteiger partial charge >= 0.3 is 5.97 Å². The number of fused-ring (bicyclic) bond motifs is 5. The molecule has 5 aliphatic heterocycles. The van der Waals surface area contributed by atoms with E-state index in [0.29, 0.717) is 69.1 Å². The summed E-state index contributed by atoms with van der Waals surface area (Å²) in [5.41, 5.74) is 59.6. The third-order valence-electron chi connectivity index (χ3n) is 18.7. The van der Waals surface area contributed by atoms with Gasteiger partial charge in [0.05, 0.1) is 49.6 Å². The molecule has 538 valence electrons. The molecule has 0 atom stereocenters. The monoisotopic (exact) mass is 1540 g/mol. The first kappa shape index (κ1) is 74.2. The smallest absolute Gasteiger partial charge is 0.305 e. The second kappa shape index (κ2) is 31.3. The van der Waals surface area contributed by atoms with Gasteiger partial charge in [-0.1, -0.05) is 20.8 Å². The van der Waals surface area contributed by atoms with Crippen LogP contribution in [0.25, 0.3) is 58.2 Å². The Balaban J connectivity index is 0.000000131. The SMILES string of the molecule is CCc1c(C)[nH]c(/C=C2\C(=O)Nc3ccc(N)cc32)c1C.CCc1cc(CC)c(/C=C2\C(=O)Nc3ccc(N)cc32)[nH]1.COC(=O)CCc1c[nH]c(/C=C2\C(=O)Nc3ccc(N)cc32)c1C.Cc1[nH]c(/C=C2\C(=O)Nc3ccc(N)cc32)c(Br)c1Br.Cc1cc(C)c(/C=C2\C(=O)Nc3ccc(N)cc32)[nH]1. The van der Waals surface area contributed by atoms with Crippen molar-refractivity contribution in [2.24, 2.45) is 0 Å². The fraction of sp³-hybridized carbons (Fsp3) is 0.185. The number of carbonyl (C=O) groups excluding carboxylic acids is 6. The molecule has 0 saturated carbocycles. The van der Waals surface area contributed by atoms with Crippen molar-refractivity contribution in [1.82, 2.24) is 24.9 Å². The van der Waals surface area contributed by atoms with Crippen LogP contribution in [0.5, 0.6) is 0 Å². The average molecular weight is 1540 g/mol. The molecule has 15 rings (SSSR count). The Labute approximate surface area is 624 Å². The Morgan fingerprint density at radius 1 is 0.419 bits per heavy atom. The van der Waals surface area contributed by atoms with Crippen molar-refractivity contribution in [3.05, 3.63) is 231 Å². The normalized spacial score (nSPS) is 15.3. The van der Waals surface area contributed by atoms with Crippen molar-refractivity contribution < 1.29 is 33.5 Å². The van der Waals surface area contributed by atoms with E-state index >= 15 is 0 Å². The maximum absolute atomic E-state index is 12.2. The predicted molar refractivity (Wildman–Crippen MR) is 433 cm³/mol. The minimum absolute atomic E-state index is 0.0784. The van der Waals surface area contributed by atoms with Crippen molar-refractivity contribution in [2.75, 3.05) is 62.4 Å². The van der Waals surface area contributed by atoms with Crippen LogP contribution in [0, 0.1) is 41.5 Å². The van der Waals surface area contributed by atoms with Crippen molar-refractivity contribution in [1.29, 1.82) is 0 Å². The summed E-state index contributed by atoms with van der Waals surface area (Å²) in [6, 6.07) is 31.3. The molecule has 5 aromatic heterocycles. The molecule has 24 heteroatoms. The van der Waals surface area contributed by atoms with Crippen LogP contribution in [0.2, 0.25) is 0 Å². The number of benzene rings is 5. The summed E-state index contributed by atoms with van der Waals surface area (Å²) in [6.07, 6.45) is 15.0. The van der Waals surface area contributed by atoms with Crippen LogP contribution in [0.15, 0.2) is 118 Å². The molecule has 10 aromatic rings. The van der Waals surface area contributed by atoms with Gasteiger partial charge in [0.2, 0.25) is 0 Å². The Morgan fingerprint density at radius 2 is 0.810 bits per heavy atom. The lowest BCUT2D eigenvalue weighted by Gasteiger charge is -2.02. The second-order valence-corrected chi connectivity index (χ2v) is 27.5. The van der Waals surface area contributed by atoms with E-state index in [-0.39, 0.29) is 35.5 Å². The fourth-order valence-corrected chi connectivity index (χ4v) is 13.9. The number of aromatic amines is 5. The molecule has 0 spiro atoms. The Kier molecular flexibility index (Phi) is 22.1. The Morgan fingerprint density at radius 3 is 1.16 bits per heavy atom. The number of carbonyl (C=O) groups is 6. The molecule has 10 heterocycles. The van der Waals surface area contributed by atoms with Gasteiger partial charge in [0, 0.05) is 143 Å². The summed E-state index contributed by atoms with van der Waals surface area (Å²) >= 11 is 6.98. The number of halogens is 2. The zero-order valence-electron chi connectivity index (χ0n) is 59.8. The van der Waals surface area contributed by atoms with Crippen molar-refractivity contribution >= 4 is 182 Å². The van der Waals surface area contributed by atoms with E-state index in [9.17, 15) is 28.8 Å². The van der Waals surface area contributed by atoms with E-state index in [1.54, 1.807) is 48.5 Å². The van der Waals surface area contributed by atoms with Gasteiger partial charge in [-0.2, -0.15) is 0 Å². The zero-order chi connectivity index (χ0) is 75.4. The lowest BCUT2D eigenvalue weighted by Crippen LogP contribution is -2.03. The number of hydrogen-bond acceptors (Lipinski definition) is 12. The molecule has 0 bridgehead atoms. The Bertz CT molecular complexity index is 5360. The van der Waals surface area contributed by atoms with Crippen LogP contribution >= 0.6 is 31.9 Å². The summed E-state index contributed by atoms with van der Waals surface area (Å²) in [7, 11) is 1.38. The highest BCUT2D eigenvalue weighted by atomic mass is 79.9. The van der Waals surface area contributed by atoms with E-state index in [4.69, 9.17) is 28.7 Å². The molecule has 0 radical (unpaired) electrons. The van der Waals surface area contributed by atoms with Crippen LogP contribution < -0.4 is 55.3 Å². The number of methoxy groups -OCH3 is 1. The molecule has 0 saturated heterocycles. The van der Waals surface area contributed by atoms with E-state index < -0.39 is 0 Å². The number of esters is 1. The number of nitrogens with two attached hydrogens (primary N) is 5. The maximum Gasteiger partial charge on any atom is 0.305 e. The minimum Gasteiger partial charge on any atom is -0.469 e. The third-order valence-corrected chi connectivity index (χ3v) is 21.0. The van der Waals surface area contributed by atoms with Crippen molar-refractivity contribution in [3.8, 4) is 0 Å². The van der Waals surface area contributed by atoms with Crippen LogP contribution in [0.4, 0.5) is 56.9 Å². The van der Waals surface area contributed by atoms with Crippen LogP contribution in [0.3, 0.4) is 0 Å². The number of nitrogens with one attached hydrogen (secondary N) is 10. The highest BCUT2D eigenvalue weighted by Gasteiger charge is 2.30. The average Bonchev–Trinajstić information content (AvgIpc) is 1.73. The molecular formula is C81H83Br2N15O7. The summed E-state index contributed by atoms with van der Waals surface area (Å²) in [4.78, 5) is 88.4. The summed E-state index contributed by atoms with van der Waals surface area (Å²) in [5.74, 6) is -0.769. The molecule has 5 amide bonds. The third kappa shape index (κ3) is 16.1. The Hall–Kier alpha value is -12.0. The molecule has 0 aliphatic carbocycles. The second-order valence-electron chi connectivity index (χ2n) is 25.9. The lowest BCUT2D eigenvalue weighted by molar-refractivity contribution is -0.140. The largest absolute Gasteiger partial charge is 0.469 e. The minimum atomic E-state index is -0.241. The summed E-state index contributed by atoms with van der Waals surface area (Å²) in [6.45, 7) is 18.4. The van der Waals surface area contributed by atoms with Crippen molar-refractivity contribution in [2.45, 2.75) is 94.4 Å². The first-order chi connectivity index (χ1) is 50.1. The molecular weight excluding hydrogens is 1450 g/mol. The van der Waals surface area contributed by atoms with E-state index in [1.807, 2.05) is 107 Å². The number of rotatable bonds is 11. The van der Waals surface area contributed by atoms with Crippen molar-refractivity contribution in [3.63, 3.8) is 0 Å². The number of aromatic nitrogens is 5. The molecule has 5 aromatic carbocycles. The van der Waals surface area contributed by atoms with Gasteiger partial charge in [-0.15, -0.1) is 0 Å². The van der Waals surface area contributed by atoms with E-state index in [0.717, 1.165) is 147 Å². The molecule has 5 aliphatic rings. The number of ether oxygens (including phenoxy) is 1. The van der Waals surface area contributed by atoms with Gasteiger partial charge in [-0.3, -0.25) is 28.8 Å². The summed E-state index contributed by atoms with van der Waals surface area (Å²) in [5, 5.41) is 14.3. The highest BCUT2D eigenvalue weighted by molar-refractivity contribution is 9.13. The molecule has 0 fully saturated rings. The first-order valence-electron chi connectivity index (χ1n) is 34.1. The van der Waals surface area contributed by atoms with Gasteiger partial charge in [0.15, 0.2) is 0 Å². The maximum atomic E-state index is 12.2. The van der Waals surface area contributed by atoms with Gasteiger partial charge < -0.3 is 84.9 Å². The predicted octanol–water partition coefficient (Wildman–Crippen LogP) is 15.6. The van der Waals surface area contributed by atoms with Gasteiger partial charge in [-0.25, -0.2) is 0 Å². The number of anilines is 10. The zero-order valence-corrected chi connectivity index (χ0v) is 63.0. The first-order valence-corrected chi connectivity index (χ1v) is 35.7. The number of amides is 5. The van der Waals surface area contributed by atoms with E-state index in [1.165, 1.54) is 29.5 Å². The number of aryl methyl sites for hydroxylation is 7. The molecule has 22 nitrogen and oxygen atoms in total. The molecule has 20 N–H and O–H groups in total. The fourth-order valence-electron chi connectivity index (χ4n) is 13.0. The van der Waals surface area contributed by atoms with Crippen LogP contribution in [-0.4, -0.2) is 67.5 Å². The summed E-state index contributed by atoms with van der Waals surface area (Å²) < 4.78 is 6.51. The van der Waals surface area contributed by atoms with Gasteiger partial charge in [-0.05, 0) is 266 Å². The van der Waals surface area contributed by atoms with Crippen LogP contribution in [-0.2, 0) is 59.2 Å². The molecule has 105 heavy (non-hydrogen) atoms. The quantitative estimate of drug-likeness (QED) is 0.0326. The highest BCUT2D eigenvalue weighted by Crippen LogP contribution is 2.41. The van der Waals surface area contributed by atoms with Gasteiger partial charge in [0.1, 0.15) is 0 Å².